The van der Waals surface area contributed by atoms with Gasteiger partial charge in [0.05, 0.1) is 6.61 Å². The average Bonchev–Trinajstić information content (AvgIpc) is 3.15. The zero-order valence-corrected chi connectivity index (χ0v) is 34.6. The Bertz CT molecular complexity index is 832. The van der Waals surface area contributed by atoms with Gasteiger partial charge in [0, 0.05) is 12.8 Å². The molecule has 1 N–H and O–H groups in total. The van der Waals surface area contributed by atoms with Crippen LogP contribution in [-0.2, 0) is 19.1 Å². The summed E-state index contributed by atoms with van der Waals surface area (Å²) >= 11 is 0. The van der Waals surface area contributed by atoms with Gasteiger partial charge in [-0.05, 0) is 51.4 Å². The molecule has 5 nitrogen and oxygen atoms in total. The normalized spacial score (nSPS) is 12.4. The van der Waals surface area contributed by atoms with Crippen LogP contribution in [0.3, 0.4) is 0 Å². The first kappa shape index (κ1) is 50.1. The average molecular weight is 731 g/mol. The Hall–Kier alpha value is -1.88. The number of aliphatic hydroxyl groups excluding tert-OH is 1. The number of allylic oxidation sites excluding steroid dienone is 6. The number of ether oxygens (including phenoxy) is 2. The Balaban J connectivity index is 3.42. The predicted octanol–water partition coefficient (Wildman–Crippen LogP) is 14.4. The third-order valence-corrected chi connectivity index (χ3v) is 9.94. The van der Waals surface area contributed by atoms with Gasteiger partial charge in [-0.3, -0.25) is 9.59 Å². The quantitative estimate of drug-likeness (QED) is 0.0385. The van der Waals surface area contributed by atoms with E-state index in [1.165, 1.54) is 154 Å². The number of hydrogen-bond acceptors (Lipinski definition) is 5. The van der Waals surface area contributed by atoms with E-state index in [-0.39, 0.29) is 25.2 Å². The standard InChI is InChI=1S/C47H86O5/c1-3-5-7-9-11-12-13-14-15-16-17-18-19-20-21-22-23-24-25-26-27-28-29-30-31-32-33-34-36-38-40-42-47(50)52-45(43-48)44-51-46(49)41-39-37-35-10-8-6-4-2/h13-14,16-17,19-20,45,48H,3-12,15,18,21-44H2,1-2H3/b14-13-,17-16-,20-19-. The predicted molar refractivity (Wildman–Crippen MR) is 224 cm³/mol. The molecule has 52 heavy (non-hydrogen) atoms. The fourth-order valence-corrected chi connectivity index (χ4v) is 6.50. The number of hydrogen-bond donors (Lipinski definition) is 1. The van der Waals surface area contributed by atoms with Crippen LogP contribution in [0, 0.1) is 0 Å². The molecule has 1 atom stereocenters. The van der Waals surface area contributed by atoms with Crippen molar-refractivity contribution >= 4 is 11.9 Å². The molecule has 0 aliphatic rings. The third kappa shape index (κ3) is 40.9. The highest BCUT2D eigenvalue weighted by atomic mass is 16.6. The first-order valence-electron chi connectivity index (χ1n) is 22.5. The zero-order valence-electron chi connectivity index (χ0n) is 34.6. The number of carbonyl (C=O) groups is 2. The molecule has 304 valence electrons. The third-order valence-electron chi connectivity index (χ3n) is 9.94. The van der Waals surface area contributed by atoms with E-state index in [0.717, 1.165) is 51.4 Å². The molecule has 0 bridgehead atoms. The van der Waals surface area contributed by atoms with Crippen LogP contribution < -0.4 is 0 Å². The Morgan fingerprint density at radius 2 is 0.769 bits per heavy atom. The summed E-state index contributed by atoms with van der Waals surface area (Å²) < 4.78 is 10.6. The fourth-order valence-electron chi connectivity index (χ4n) is 6.50. The maximum Gasteiger partial charge on any atom is 0.306 e. The Morgan fingerprint density at radius 1 is 0.442 bits per heavy atom. The second-order valence-corrected chi connectivity index (χ2v) is 15.1. The summed E-state index contributed by atoms with van der Waals surface area (Å²) in [5, 5.41) is 9.52. The van der Waals surface area contributed by atoms with Gasteiger partial charge in [0.2, 0.25) is 0 Å². The summed E-state index contributed by atoms with van der Waals surface area (Å²) in [5.41, 5.74) is 0. The van der Waals surface area contributed by atoms with E-state index in [1.807, 2.05) is 0 Å². The molecule has 0 heterocycles. The molecule has 1 unspecified atom stereocenters. The van der Waals surface area contributed by atoms with Crippen LogP contribution in [0.2, 0.25) is 0 Å². The molecule has 0 aliphatic carbocycles. The van der Waals surface area contributed by atoms with Gasteiger partial charge in [-0.15, -0.1) is 0 Å². The van der Waals surface area contributed by atoms with E-state index in [4.69, 9.17) is 9.47 Å². The van der Waals surface area contributed by atoms with Crippen molar-refractivity contribution < 1.29 is 24.2 Å². The summed E-state index contributed by atoms with van der Waals surface area (Å²) in [5.74, 6) is -0.591. The van der Waals surface area contributed by atoms with Gasteiger partial charge in [0.15, 0.2) is 6.10 Å². The van der Waals surface area contributed by atoms with Crippen molar-refractivity contribution in [2.75, 3.05) is 13.2 Å². The lowest BCUT2D eigenvalue weighted by Crippen LogP contribution is -2.28. The molecule has 0 aromatic rings. The fraction of sp³-hybridized carbons (Fsp3) is 0.830. The van der Waals surface area contributed by atoms with E-state index in [1.54, 1.807) is 0 Å². The van der Waals surface area contributed by atoms with E-state index in [2.05, 4.69) is 50.3 Å². The number of esters is 2. The zero-order chi connectivity index (χ0) is 37.8. The van der Waals surface area contributed by atoms with E-state index >= 15 is 0 Å². The van der Waals surface area contributed by atoms with Crippen molar-refractivity contribution in [1.29, 1.82) is 0 Å². The van der Waals surface area contributed by atoms with Crippen LogP contribution in [0.15, 0.2) is 36.5 Å². The van der Waals surface area contributed by atoms with Crippen molar-refractivity contribution in [2.24, 2.45) is 0 Å². The highest BCUT2D eigenvalue weighted by molar-refractivity contribution is 5.70. The Kier molecular flexibility index (Phi) is 42.0. The van der Waals surface area contributed by atoms with Crippen molar-refractivity contribution in [1.82, 2.24) is 0 Å². The number of unbranched alkanes of at least 4 members (excludes halogenated alkanes) is 27. The second kappa shape index (κ2) is 43.5. The molecule has 0 aromatic heterocycles. The molecule has 0 spiro atoms. The van der Waals surface area contributed by atoms with Gasteiger partial charge in [-0.2, -0.15) is 0 Å². The molecule has 0 rings (SSSR count). The van der Waals surface area contributed by atoms with Gasteiger partial charge in [0.25, 0.3) is 0 Å². The maximum atomic E-state index is 12.2. The van der Waals surface area contributed by atoms with Gasteiger partial charge in [0.1, 0.15) is 6.61 Å². The van der Waals surface area contributed by atoms with Gasteiger partial charge < -0.3 is 14.6 Å². The lowest BCUT2D eigenvalue weighted by Gasteiger charge is -2.15. The molecular formula is C47H86O5. The minimum Gasteiger partial charge on any atom is -0.462 e. The lowest BCUT2D eigenvalue weighted by molar-refractivity contribution is -0.161. The summed E-state index contributed by atoms with van der Waals surface area (Å²) in [6, 6.07) is 0. The first-order chi connectivity index (χ1) is 25.6. The van der Waals surface area contributed by atoms with Crippen molar-refractivity contribution in [2.45, 2.75) is 238 Å². The molecular weight excluding hydrogens is 645 g/mol. The molecule has 5 heteroatoms. The van der Waals surface area contributed by atoms with Crippen LogP contribution in [0.4, 0.5) is 0 Å². The molecule has 0 fully saturated rings. The largest absolute Gasteiger partial charge is 0.462 e. The molecule has 0 aromatic carbocycles. The Labute approximate surface area is 323 Å². The van der Waals surface area contributed by atoms with Crippen molar-refractivity contribution in [3.05, 3.63) is 36.5 Å². The minimum atomic E-state index is -0.765. The molecule has 0 aliphatic heterocycles. The number of carbonyl (C=O) groups excluding carboxylic acids is 2. The maximum absolute atomic E-state index is 12.2. The minimum absolute atomic E-state index is 0.0627. The van der Waals surface area contributed by atoms with Crippen LogP contribution >= 0.6 is 0 Å². The van der Waals surface area contributed by atoms with Gasteiger partial charge in [-0.1, -0.05) is 204 Å². The summed E-state index contributed by atoms with van der Waals surface area (Å²) in [4.78, 5) is 24.1. The number of aliphatic hydroxyl groups is 1. The van der Waals surface area contributed by atoms with Gasteiger partial charge >= 0.3 is 11.9 Å². The highest BCUT2D eigenvalue weighted by Gasteiger charge is 2.16. The molecule has 0 saturated heterocycles. The van der Waals surface area contributed by atoms with Crippen LogP contribution in [0.1, 0.15) is 232 Å². The lowest BCUT2D eigenvalue weighted by atomic mass is 10.0. The molecule has 0 saturated carbocycles. The topological polar surface area (TPSA) is 72.8 Å². The summed E-state index contributed by atoms with van der Waals surface area (Å²) in [6.07, 6.45) is 54.0. The van der Waals surface area contributed by atoms with E-state index in [9.17, 15) is 14.7 Å². The molecule has 0 radical (unpaired) electrons. The van der Waals surface area contributed by atoms with Gasteiger partial charge in [-0.25, -0.2) is 0 Å². The van der Waals surface area contributed by atoms with Crippen molar-refractivity contribution in [3.8, 4) is 0 Å². The number of rotatable bonds is 41. The van der Waals surface area contributed by atoms with Crippen LogP contribution in [-0.4, -0.2) is 36.4 Å². The Morgan fingerprint density at radius 3 is 1.15 bits per heavy atom. The van der Waals surface area contributed by atoms with Crippen LogP contribution in [0.25, 0.3) is 0 Å². The summed E-state index contributed by atoms with van der Waals surface area (Å²) in [6.45, 7) is 4.09. The van der Waals surface area contributed by atoms with E-state index < -0.39 is 6.10 Å². The monoisotopic (exact) mass is 731 g/mol. The smallest absolute Gasteiger partial charge is 0.306 e. The first-order valence-corrected chi connectivity index (χ1v) is 22.5. The van der Waals surface area contributed by atoms with Crippen LogP contribution in [0.5, 0.6) is 0 Å². The molecule has 0 amide bonds. The SMILES string of the molecule is CCCCCCC/C=C\C/C=C\C/C=C\CCCCCCCCCCCCCCCCCCC(=O)OC(CO)COC(=O)CCCCCCCCC. The van der Waals surface area contributed by atoms with Crippen molar-refractivity contribution in [3.63, 3.8) is 0 Å². The highest BCUT2D eigenvalue weighted by Crippen LogP contribution is 2.15. The van der Waals surface area contributed by atoms with E-state index in [0.29, 0.717) is 12.8 Å². The second-order valence-electron chi connectivity index (χ2n) is 15.1. The summed E-state index contributed by atoms with van der Waals surface area (Å²) in [7, 11) is 0.